The normalized spacial score (nSPS) is 23.6. The van der Waals surface area contributed by atoms with Gasteiger partial charge >= 0.3 is 0 Å². The Kier molecular flexibility index (Phi) is 5.51. The zero-order valence-corrected chi connectivity index (χ0v) is 16.5. The molecule has 1 spiro atoms. The first-order valence-electron chi connectivity index (χ1n) is 10.3. The van der Waals surface area contributed by atoms with Crippen molar-refractivity contribution in [3.63, 3.8) is 0 Å². The van der Waals surface area contributed by atoms with E-state index in [-0.39, 0.29) is 17.4 Å². The molecular formula is C22H30N4O2. The lowest BCUT2D eigenvalue weighted by Gasteiger charge is -2.61. The lowest BCUT2D eigenvalue weighted by atomic mass is 9.51. The highest BCUT2D eigenvalue weighted by Gasteiger charge is 2.59. The largest absolute Gasteiger partial charge is 0.378 e. The van der Waals surface area contributed by atoms with Crippen LogP contribution in [0.3, 0.4) is 0 Å². The van der Waals surface area contributed by atoms with Gasteiger partial charge in [-0.3, -0.25) is 4.79 Å². The van der Waals surface area contributed by atoms with Crippen LogP contribution in [0.25, 0.3) is 0 Å². The molecule has 1 aromatic carbocycles. The standard InChI is InChI=1S/C22H30N4O2/c1-2-28-20-12-19(22(20)9-6-10-22)25-21(27)18(23)11-17-14-26(15-24-17)13-16-7-4-3-5-8-16/h3-5,7-8,14-15,18-20H,2,6,9-13,23H2,1H3,(H,25,27)/t18-,19?,20?/m0/s1. The van der Waals surface area contributed by atoms with E-state index in [1.165, 1.54) is 12.0 Å². The molecule has 3 N–H and O–H groups in total. The van der Waals surface area contributed by atoms with Crippen LogP contribution in [0.4, 0.5) is 0 Å². The minimum atomic E-state index is -0.580. The van der Waals surface area contributed by atoms with Crippen LogP contribution in [-0.2, 0) is 22.5 Å². The Bertz CT molecular complexity index is 800. The molecular weight excluding hydrogens is 352 g/mol. The van der Waals surface area contributed by atoms with Crippen molar-refractivity contribution in [2.75, 3.05) is 6.61 Å². The van der Waals surface area contributed by atoms with E-state index in [2.05, 4.69) is 22.4 Å². The smallest absolute Gasteiger partial charge is 0.237 e. The van der Waals surface area contributed by atoms with Gasteiger partial charge in [-0.25, -0.2) is 4.98 Å². The van der Waals surface area contributed by atoms with Gasteiger partial charge in [0.25, 0.3) is 0 Å². The van der Waals surface area contributed by atoms with Crippen molar-refractivity contribution in [2.45, 2.75) is 63.8 Å². The number of ether oxygens (including phenoxy) is 1. The number of rotatable bonds is 8. The van der Waals surface area contributed by atoms with Crippen molar-refractivity contribution < 1.29 is 9.53 Å². The van der Waals surface area contributed by atoms with Crippen LogP contribution in [-0.4, -0.2) is 40.3 Å². The molecule has 0 bridgehead atoms. The van der Waals surface area contributed by atoms with Crippen molar-refractivity contribution in [3.05, 3.63) is 54.1 Å². The number of aromatic nitrogens is 2. The highest BCUT2D eigenvalue weighted by atomic mass is 16.5. The number of hydrogen-bond acceptors (Lipinski definition) is 4. The second kappa shape index (κ2) is 8.05. The number of imidazole rings is 1. The van der Waals surface area contributed by atoms with Crippen LogP contribution >= 0.6 is 0 Å². The highest BCUT2D eigenvalue weighted by molar-refractivity contribution is 5.82. The average molecular weight is 383 g/mol. The number of nitrogens with zero attached hydrogens (tertiary/aromatic N) is 2. The molecule has 28 heavy (non-hydrogen) atoms. The zero-order valence-electron chi connectivity index (χ0n) is 16.5. The fraction of sp³-hybridized carbons (Fsp3) is 0.545. The lowest BCUT2D eigenvalue weighted by molar-refractivity contribution is -0.176. The van der Waals surface area contributed by atoms with Crippen LogP contribution in [0.15, 0.2) is 42.9 Å². The van der Waals surface area contributed by atoms with Crippen LogP contribution in [0.2, 0.25) is 0 Å². The quantitative estimate of drug-likeness (QED) is 0.734. The molecule has 2 fully saturated rings. The molecule has 2 unspecified atom stereocenters. The van der Waals surface area contributed by atoms with Crippen molar-refractivity contribution >= 4 is 5.91 Å². The predicted molar refractivity (Wildman–Crippen MR) is 108 cm³/mol. The van der Waals surface area contributed by atoms with Crippen molar-refractivity contribution in [3.8, 4) is 0 Å². The molecule has 1 amide bonds. The van der Waals surface area contributed by atoms with Gasteiger partial charge in [-0.05, 0) is 31.7 Å². The summed E-state index contributed by atoms with van der Waals surface area (Å²) in [5.41, 5.74) is 8.40. The lowest BCUT2D eigenvalue weighted by Crippen LogP contribution is -2.68. The van der Waals surface area contributed by atoms with E-state index in [1.54, 1.807) is 6.33 Å². The predicted octanol–water partition coefficient (Wildman–Crippen LogP) is 2.27. The van der Waals surface area contributed by atoms with Gasteiger partial charge in [-0.2, -0.15) is 0 Å². The molecule has 0 saturated heterocycles. The summed E-state index contributed by atoms with van der Waals surface area (Å²) in [6.45, 7) is 3.53. The maximum Gasteiger partial charge on any atom is 0.237 e. The number of nitrogens with one attached hydrogen (secondary N) is 1. The topological polar surface area (TPSA) is 82.2 Å². The van der Waals surface area contributed by atoms with Gasteiger partial charge in [0.15, 0.2) is 0 Å². The molecule has 2 aromatic rings. The number of hydrogen-bond donors (Lipinski definition) is 2. The maximum atomic E-state index is 12.6. The third-order valence-electron chi connectivity index (χ3n) is 6.41. The summed E-state index contributed by atoms with van der Waals surface area (Å²) in [6.07, 6.45) is 8.92. The number of nitrogens with two attached hydrogens (primary N) is 1. The monoisotopic (exact) mass is 382 g/mol. The van der Waals surface area contributed by atoms with Crippen LogP contribution in [0.5, 0.6) is 0 Å². The van der Waals surface area contributed by atoms with E-state index >= 15 is 0 Å². The first-order valence-corrected chi connectivity index (χ1v) is 10.3. The number of carbonyl (C=O) groups excluding carboxylic acids is 1. The van der Waals surface area contributed by atoms with Crippen molar-refractivity contribution in [1.82, 2.24) is 14.9 Å². The fourth-order valence-corrected chi connectivity index (χ4v) is 4.63. The molecule has 2 aliphatic carbocycles. The van der Waals surface area contributed by atoms with E-state index in [9.17, 15) is 4.79 Å². The van der Waals surface area contributed by atoms with Crippen molar-refractivity contribution in [2.24, 2.45) is 11.1 Å². The molecule has 150 valence electrons. The number of carbonyl (C=O) groups is 1. The Morgan fingerprint density at radius 2 is 2.18 bits per heavy atom. The van der Waals surface area contributed by atoms with Crippen LogP contribution in [0, 0.1) is 5.41 Å². The molecule has 1 heterocycles. The van der Waals surface area contributed by atoms with E-state index < -0.39 is 6.04 Å². The van der Waals surface area contributed by atoms with E-state index in [0.717, 1.165) is 38.1 Å². The van der Waals surface area contributed by atoms with Gasteiger partial charge in [0.2, 0.25) is 5.91 Å². The molecule has 6 heteroatoms. The minimum absolute atomic E-state index is 0.0798. The molecule has 1 aromatic heterocycles. The summed E-state index contributed by atoms with van der Waals surface area (Å²) in [5.74, 6) is -0.0798. The summed E-state index contributed by atoms with van der Waals surface area (Å²) in [5, 5.41) is 3.19. The second-order valence-corrected chi connectivity index (χ2v) is 8.16. The maximum absolute atomic E-state index is 12.6. The van der Waals surface area contributed by atoms with Gasteiger partial charge in [0.1, 0.15) is 0 Å². The Labute approximate surface area is 166 Å². The SMILES string of the molecule is CCOC1CC(NC(=O)[C@@H](N)Cc2cn(Cc3ccccc3)cn2)C12CCC2. The number of amides is 1. The second-order valence-electron chi connectivity index (χ2n) is 8.16. The summed E-state index contributed by atoms with van der Waals surface area (Å²) in [4.78, 5) is 17.1. The van der Waals surface area contributed by atoms with Gasteiger partial charge in [0, 0.05) is 37.2 Å². The van der Waals surface area contributed by atoms with Gasteiger partial charge < -0.3 is 20.4 Å². The minimum Gasteiger partial charge on any atom is -0.378 e. The average Bonchev–Trinajstić information content (AvgIpc) is 3.06. The molecule has 0 radical (unpaired) electrons. The summed E-state index contributed by atoms with van der Waals surface area (Å²) in [6, 6.07) is 9.85. The molecule has 0 aliphatic heterocycles. The third kappa shape index (κ3) is 3.71. The van der Waals surface area contributed by atoms with E-state index in [4.69, 9.17) is 10.5 Å². The third-order valence-corrected chi connectivity index (χ3v) is 6.41. The molecule has 2 saturated carbocycles. The fourth-order valence-electron chi connectivity index (χ4n) is 4.63. The Morgan fingerprint density at radius 1 is 1.39 bits per heavy atom. The molecule has 6 nitrogen and oxygen atoms in total. The van der Waals surface area contributed by atoms with Gasteiger partial charge in [0.05, 0.1) is 24.2 Å². The van der Waals surface area contributed by atoms with E-state index in [0.29, 0.717) is 12.5 Å². The first kappa shape index (κ1) is 19.2. The van der Waals surface area contributed by atoms with Gasteiger partial charge in [-0.1, -0.05) is 36.8 Å². The Morgan fingerprint density at radius 3 is 2.86 bits per heavy atom. The molecule has 2 aliphatic rings. The summed E-state index contributed by atoms with van der Waals surface area (Å²) in [7, 11) is 0. The van der Waals surface area contributed by atoms with Crippen molar-refractivity contribution in [1.29, 1.82) is 0 Å². The Hall–Kier alpha value is -2.18. The number of benzene rings is 1. The molecule has 3 atom stereocenters. The molecule has 4 rings (SSSR count). The highest BCUT2D eigenvalue weighted by Crippen LogP contribution is 2.57. The van der Waals surface area contributed by atoms with Crippen LogP contribution in [0.1, 0.15) is 43.9 Å². The van der Waals surface area contributed by atoms with E-state index in [1.807, 2.05) is 35.9 Å². The zero-order chi connectivity index (χ0) is 19.6. The van der Waals surface area contributed by atoms with Crippen LogP contribution < -0.4 is 11.1 Å². The summed E-state index contributed by atoms with van der Waals surface area (Å²) >= 11 is 0. The van der Waals surface area contributed by atoms with Gasteiger partial charge in [-0.15, -0.1) is 0 Å². The Balaban J connectivity index is 1.29. The summed E-state index contributed by atoms with van der Waals surface area (Å²) < 4.78 is 7.88. The first-order chi connectivity index (χ1) is 13.6.